The fourth-order valence-corrected chi connectivity index (χ4v) is 2.73. The summed E-state index contributed by atoms with van der Waals surface area (Å²) in [6, 6.07) is 15.1. The predicted octanol–water partition coefficient (Wildman–Crippen LogP) is 2.93. The van der Waals surface area contributed by atoms with Crippen molar-refractivity contribution in [3.63, 3.8) is 0 Å². The van der Waals surface area contributed by atoms with Gasteiger partial charge in [0.1, 0.15) is 6.04 Å². The average Bonchev–Trinajstić information content (AvgIpc) is 2.57. The second-order valence-corrected chi connectivity index (χ2v) is 6.37. The minimum atomic E-state index is -0.351. The summed E-state index contributed by atoms with van der Waals surface area (Å²) in [7, 11) is 1.66. The largest absolute Gasteiger partial charge is 0.379 e. The molecular formula is C19H24ClN2O2+. The van der Waals surface area contributed by atoms with Gasteiger partial charge in [0.15, 0.2) is 6.04 Å². The molecule has 0 unspecified atom stereocenters. The van der Waals surface area contributed by atoms with Gasteiger partial charge in [-0.05, 0) is 31.5 Å². The van der Waals surface area contributed by atoms with Gasteiger partial charge in [-0.3, -0.25) is 4.79 Å². The number of halogens is 1. The van der Waals surface area contributed by atoms with Gasteiger partial charge in [-0.2, -0.15) is 0 Å². The second-order valence-electron chi connectivity index (χ2n) is 5.97. The molecule has 2 aromatic rings. The second kappa shape index (κ2) is 8.83. The average molecular weight is 348 g/mol. The zero-order chi connectivity index (χ0) is 17.5. The molecule has 0 saturated heterocycles. The Morgan fingerprint density at radius 2 is 1.96 bits per heavy atom. The Labute approximate surface area is 148 Å². The normalized spacial score (nSPS) is 13.3. The van der Waals surface area contributed by atoms with Gasteiger partial charge in [0, 0.05) is 23.4 Å². The summed E-state index contributed by atoms with van der Waals surface area (Å²) in [5.74, 6) is -0.0796. The molecule has 1 amide bonds. The molecule has 0 aliphatic rings. The van der Waals surface area contributed by atoms with Gasteiger partial charge in [0.05, 0.1) is 6.61 Å². The van der Waals surface area contributed by atoms with Crippen LogP contribution in [0.1, 0.15) is 24.1 Å². The fraction of sp³-hybridized carbons (Fsp3) is 0.316. The van der Waals surface area contributed by atoms with Gasteiger partial charge in [-0.15, -0.1) is 0 Å². The number of benzene rings is 2. The van der Waals surface area contributed by atoms with Gasteiger partial charge in [0.2, 0.25) is 0 Å². The van der Waals surface area contributed by atoms with Crippen LogP contribution < -0.4 is 10.6 Å². The SMILES string of the molecule is COC[C@@H](C)[NH2+][C@@H](C(=O)Nc1ccc(C)c(Cl)c1)c1ccccc1. The fourth-order valence-electron chi connectivity index (χ4n) is 2.55. The van der Waals surface area contributed by atoms with Crippen molar-refractivity contribution in [3.8, 4) is 0 Å². The van der Waals surface area contributed by atoms with Crippen LogP contribution in [0.15, 0.2) is 48.5 Å². The number of carbonyl (C=O) groups is 1. The van der Waals surface area contributed by atoms with E-state index in [2.05, 4.69) is 5.32 Å². The zero-order valence-electron chi connectivity index (χ0n) is 14.3. The number of quaternary nitrogens is 1. The molecule has 0 aromatic heterocycles. The molecule has 4 nitrogen and oxygen atoms in total. The summed E-state index contributed by atoms with van der Waals surface area (Å²) in [5, 5.41) is 5.62. The number of hydrogen-bond acceptors (Lipinski definition) is 2. The molecule has 0 saturated carbocycles. The third-order valence-corrected chi connectivity index (χ3v) is 4.24. The van der Waals surface area contributed by atoms with Crippen LogP contribution in [0.2, 0.25) is 5.02 Å². The molecule has 0 fully saturated rings. The van der Waals surface area contributed by atoms with E-state index in [1.54, 1.807) is 13.2 Å². The first kappa shape index (κ1) is 18.5. The Hall–Kier alpha value is -1.88. The van der Waals surface area contributed by atoms with Crippen molar-refractivity contribution in [3.05, 3.63) is 64.7 Å². The van der Waals surface area contributed by atoms with Crippen molar-refractivity contribution in [2.24, 2.45) is 0 Å². The van der Waals surface area contributed by atoms with E-state index in [0.29, 0.717) is 17.3 Å². The highest BCUT2D eigenvalue weighted by atomic mass is 35.5. The number of nitrogens with two attached hydrogens (primary N) is 1. The molecule has 128 valence electrons. The highest BCUT2D eigenvalue weighted by molar-refractivity contribution is 6.31. The van der Waals surface area contributed by atoms with E-state index in [9.17, 15) is 4.79 Å². The zero-order valence-corrected chi connectivity index (χ0v) is 15.0. The summed E-state index contributed by atoms with van der Waals surface area (Å²) in [6.45, 7) is 4.54. The Balaban J connectivity index is 2.18. The summed E-state index contributed by atoms with van der Waals surface area (Å²) in [6.07, 6.45) is 0. The van der Waals surface area contributed by atoms with E-state index < -0.39 is 0 Å². The maximum atomic E-state index is 12.8. The van der Waals surface area contributed by atoms with Crippen molar-refractivity contribution in [1.29, 1.82) is 0 Å². The Bertz CT molecular complexity index is 676. The Morgan fingerprint density at radius 3 is 2.58 bits per heavy atom. The van der Waals surface area contributed by atoms with Crippen molar-refractivity contribution in [1.82, 2.24) is 0 Å². The van der Waals surface area contributed by atoms with Gasteiger partial charge in [-0.25, -0.2) is 0 Å². The van der Waals surface area contributed by atoms with E-state index in [4.69, 9.17) is 16.3 Å². The molecule has 5 heteroatoms. The molecule has 0 spiro atoms. The number of nitrogens with one attached hydrogen (secondary N) is 1. The molecule has 24 heavy (non-hydrogen) atoms. The molecular weight excluding hydrogens is 324 g/mol. The van der Waals surface area contributed by atoms with Crippen LogP contribution >= 0.6 is 11.6 Å². The molecule has 0 radical (unpaired) electrons. The van der Waals surface area contributed by atoms with E-state index in [1.807, 2.05) is 61.6 Å². The number of hydrogen-bond donors (Lipinski definition) is 2. The monoisotopic (exact) mass is 347 g/mol. The highest BCUT2D eigenvalue weighted by Crippen LogP contribution is 2.21. The minimum absolute atomic E-state index is 0.0796. The van der Waals surface area contributed by atoms with Crippen LogP contribution in [0.5, 0.6) is 0 Å². The topological polar surface area (TPSA) is 54.9 Å². The van der Waals surface area contributed by atoms with Gasteiger partial charge >= 0.3 is 0 Å². The van der Waals surface area contributed by atoms with E-state index in [1.165, 1.54) is 0 Å². The Morgan fingerprint density at radius 1 is 1.25 bits per heavy atom. The lowest BCUT2D eigenvalue weighted by Crippen LogP contribution is -2.92. The number of rotatable bonds is 7. The first-order valence-electron chi connectivity index (χ1n) is 7.97. The van der Waals surface area contributed by atoms with Crippen LogP contribution in [0, 0.1) is 6.92 Å². The molecule has 0 bridgehead atoms. The van der Waals surface area contributed by atoms with Gasteiger partial charge in [-0.1, -0.05) is 48.0 Å². The summed E-state index contributed by atoms with van der Waals surface area (Å²) < 4.78 is 5.19. The number of aryl methyl sites for hydroxylation is 1. The maximum Gasteiger partial charge on any atom is 0.287 e. The molecule has 0 aliphatic carbocycles. The number of anilines is 1. The third kappa shape index (κ3) is 5.06. The standard InChI is InChI=1S/C19H23ClN2O2/c1-13-9-10-16(11-17(13)20)22-19(23)18(21-14(2)12-24-3)15-7-5-4-6-8-15/h4-11,14,18,21H,12H2,1-3H3,(H,22,23)/p+1/t14-,18-/m1/s1. The van der Waals surface area contributed by atoms with Crippen LogP contribution in [0.4, 0.5) is 5.69 Å². The number of amides is 1. The van der Waals surface area contributed by atoms with Crippen LogP contribution in [0.25, 0.3) is 0 Å². The van der Waals surface area contributed by atoms with Crippen LogP contribution in [-0.2, 0) is 9.53 Å². The van der Waals surface area contributed by atoms with Crippen LogP contribution in [-0.4, -0.2) is 25.7 Å². The maximum absolute atomic E-state index is 12.8. The quantitative estimate of drug-likeness (QED) is 0.809. The number of carbonyl (C=O) groups excluding carboxylic acids is 1. The van der Waals surface area contributed by atoms with E-state index in [0.717, 1.165) is 11.1 Å². The van der Waals surface area contributed by atoms with Crippen molar-refractivity contribution in [2.45, 2.75) is 25.9 Å². The number of methoxy groups -OCH3 is 1. The van der Waals surface area contributed by atoms with Gasteiger partial charge in [0.25, 0.3) is 5.91 Å². The molecule has 2 atom stereocenters. The lowest BCUT2D eigenvalue weighted by molar-refractivity contribution is -0.713. The third-order valence-electron chi connectivity index (χ3n) is 3.83. The smallest absolute Gasteiger partial charge is 0.287 e. The van der Waals surface area contributed by atoms with E-state index >= 15 is 0 Å². The molecule has 0 heterocycles. The predicted molar refractivity (Wildman–Crippen MR) is 97.3 cm³/mol. The molecule has 0 aliphatic heterocycles. The summed E-state index contributed by atoms with van der Waals surface area (Å²) >= 11 is 6.14. The first-order chi connectivity index (χ1) is 11.5. The lowest BCUT2D eigenvalue weighted by atomic mass is 10.0. The van der Waals surface area contributed by atoms with Crippen molar-refractivity contribution >= 4 is 23.2 Å². The van der Waals surface area contributed by atoms with Crippen molar-refractivity contribution < 1.29 is 14.8 Å². The van der Waals surface area contributed by atoms with Crippen LogP contribution in [0.3, 0.4) is 0 Å². The molecule has 2 aromatic carbocycles. The summed E-state index contributed by atoms with van der Waals surface area (Å²) in [4.78, 5) is 12.8. The molecule has 3 N–H and O–H groups in total. The summed E-state index contributed by atoms with van der Waals surface area (Å²) in [5.41, 5.74) is 2.63. The Kier molecular flexibility index (Phi) is 6.79. The highest BCUT2D eigenvalue weighted by Gasteiger charge is 2.26. The van der Waals surface area contributed by atoms with E-state index in [-0.39, 0.29) is 18.0 Å². The first-order valence-corrected chi connectivity index (χ1v) is 8.35. The minimum Gasteiger partial charge on any atom is -0.379 e. The lowest BCUT2D eigenvalue weighted by Gasteiger charge is -2.20. The number of ether oxygens (including phenoxy) is 1. The van der Waals surface area contributed by atoms with Crippen molar-refractivity contribution in [2.75, 3.05) is 19.0 Å². The van der Waals surface area contributed by atoms with Gasteiger partial charge < -0.3 is 15.4 Å². The molecule has 2 rings (SSSR count).